The molecule has 4 aliphatic heterocycles. The molecule has 72 heavy (non-hydrogen) atoms. The summed E-state index contributed by atoms with van der Waals surface area (Å²) in [6.07, 6.45) is 15.9. The fraction of sp³-hybridized carbons (Fsp3) is 0.446. The maximum atomic E-state index is 16.2. The van der Waals surface area contributed by atoms with Crippen molar-refractivity contribution in [3.05, 3.63) is 128 Å². The molecule has 15 nitrogen and oxygen atoms in total. The van der Waals surface area contributed by atoms with Gasteiger partial charge in [-0.15, -0.1) is 0 Å². The summed E-state index contributed by atoms with van der Waals surface area (Å²) in [6, 6.07) is 16.5. The van der Waals surface area contributed by atoms with E-state index in [1.54, 1.807) is 34.6 Å². The third-order valence-electron chi connectivity index (χ3n) is 16.3. The van der Waals surface area contributed by atoms with Crippen LogP contribution in [-0.2, 0) is 16.6 Å². The van der Waals surface area contributed by atoms with Gasteiger partial charge in [0, 0.05) is 124 Å². The van der Waals surface area contributed by atoms with E-state index in [2.05, 4.69) is 67.1 Å². The predicted octanol–water partition coefficient (Wildman–Crippen LogP) is 7.40. The van der Waals surface area contributed by atoms with Crippen molar-refractivity contribution >= 4 is 57.3 Å². The number of nitrogens with one attached hydrogen (secondary N) is 2. The average molecular weight is 976 g/mol. The lowest BCUT2D eigenvalue weighted by molar-refractivity contribution is -0.523. The standard InChI is InChI=1S/C56H63FN10O5/c1-34-28-40(29-44(57)52(34)38-17-25-63(26-18-38)35(2)48-32-43-45(13-20-59-53(43)61(48)4)65-27-19-41(58-3)31-51(65)69)55(71)64-23-14-36(15-24-64)33-62-21-5-6-37(16-22-62)39-7-10-46-49(30-39)66(42-8-9-42)56(72)67(46)47-11-12-50(68)60-54(47)70/h7,10,13,17,19-20,27-33,35-37,42,47H,5-6,8-9,11-12,14-16,18,21-26H2,1-4H3,(H-,58,60,68,69,70)/p+1/t35-,37?,47?/m0/s1. The highest BCUT2D eigenvalue weighted by atomic mass is 19.1. The highest BCUT2D eigenvalue weighted by Gasteiger charge is 2.36. The van der Waals surface area contributed by atoms with Crippen LogP contribution in [0.4, 0.5) is 10.1 Å². The van der Waals surface area contributed by atoms with Crippen LogP contribution in [-0.4, -0.2) is 108 Å². The number of benzene rings is 2. The number of carbonyl (C=O) groups excluding carboxylic acids is 3. The van der Waals surface area contributed by atoms with Crippen LogP contribution in [0.25, 0.3) is 33.3 Å². The molecule has 8 heterocycles. The molecule has 0 spiro atoms. The van der Waals surface area contributed by atoms with Crippen molar-refractivity contribution in [2.75, 3.05) is 51.6 Å². The van der Waals surface area contributed by atoms with Gasteiger partial charge in [-0.1, -0.05) is 12.1 Å². The molecule has 16 heteroatoms. The first kappa shape index (κ1) is 47.4. The third-order valence-corrected chi connectivity index (χ3v) is 16.3. The number of hydrogen-bond donors (Lipinski definition) is 2. The molecule has 6 aromatic rings. The van der Waals surface area contributed by atoms with E-state index in [-0.39, 0.29) is 47.4 Å². The minimum absolute atomic E-state index is 0.0289. The maximum absolute atomic E-state index is 16.2. The molecular formula is C56H64FN10O5+. The van der Waals surface area contributed by atoms with Crippen LogP contribution in [0.2, 0.25) is 0 Å². The first-order chi connectivity index (χ1) is 34.8. The highest BCUT2D eigenvalue weighted by molar-refractivity contribution is 6.00. The van der Waals surface area contributed by atoms with Gasteiger partial charge in [0.15, 0.2) is 0 Å². The summed E-state index contributed by atoms with van der Waals surface area (Å²) in [5.74, 6) is -0.488. The molecule has 3 atom stereocenters. The smallest absolute Gasteiger partial charge is 0.330 e. The number of carbonyl (C=O) groups is 3. The summed E-state index contributed by atoms with van der Waals surface area (Å²) in [5.41, 5.74) is 8.66. The van der Waals surface area contributed by atoms with Crippen molar-refractivity contribution in [3.8, 4) is 5.69 Å². The summed E-state index contributed by atoms with van der Waals surface area (Å²) in [4.78, 5) is 74.5. The van der Waals surface area contributed by atoms with Gasteiger partial charge in [0.25, 0.3) is 11.5 Å². The summed E-state index contributed by atoms with van der Waals surface area (Å²) in [5, 5.41) is 6.35. The zero-order valence-electron chi connectivity index (χ0n) is 41.7. The van der Waals surface area contributed by atoms with Gasteiger partial charge < -0.3 is 14.8 Å². The molecule has 2 N–H and O–H groups in total. The van der Waals surface area contributed by atoms with E-state index >= 15 is 4.39 Å². The van der Waals surface area contributed by atoms with E-state index in [0.717, 1.165) is 115 Å². The summed E-state index contributed by atoms with van der Waals surface area (Å²) in [7, 11) is 3.80. The molecule has 4 fully saturated rings. The molecule has 1 aliphatic carbocycles. The number of halogens is 1. The SMILES string of the molecule is CNc1ccn(-c2ccnc3c2cc([C@H](C)N2CC=C(c4c(C)cc(C(=O)N5CCC(C=[N+]6CCCC(c7ccc8c(c7)n(C7CC7)c(=O)n8C7CCC(=O)NC7=O)CC6)CC5)cc4F)CC2)n3C)c(=O)c1. The van der Waals surface area contributed by atoms with Crippen LogP contribution >= 0.6 is 0 Å². The van der Waals surface area contributed by atoms with Crippen molar-refractivity contribution in [2.24, 2.45) is 13.0 Å². The Morgan fingerprint density at radius 2 is 1.72 bits per heavy atom. The van der Waals surface area contributed by atoms with Crippen molar-refractivity contribution in [3.63, 3.8) is 0 Å². The zero-order valence-corrected chi connectivity index (χ0v) is 41.7. The lowest BCUT2D eigenvalue weighted by Crippen LogP contribution is -2.44. The van der Waals surface area contributed by atoms with E-state index in [1.807, 2.05) is 47.7 Å². The Labute approximate surface area is 417 Å². The van der Waals surface area contributed by atoms with Gasteiger partial charge in [-0.05, 0) is 124 Å². The molecule has 5 aliphatic rings. The topological polar surface area (TPSA) is 152 Å². The Kier molecular flexibility index (Phi) is 12.7. The van der Waals surface area contributed by atoms with E-state index < -0.39 is 11.9 Å². The monoisotopic (exact) mass is 976 g/mol. The Morgan fingerprint density at radius 1 is 0.903 bits per heavy atom. The second-order valence-electron chi connectivity index (χ2n) is 20.8. The number of piperidine rings is 2. The van der Waals surface area contributed by atoms with Gasteiger partial charge in [-0.3, -0.25) is 43.1 Å². The van der Waals surface area contributed by atoms with Crippen LogP contribution in [0.3, 0.4) is 0 Å². The lowest BCUT2D eigenvalue weighted by Gasteiger charge is -2.33. The third kappa shape index (κ3) is 8.81. The largest absolute Gasteiger partial charge is 0.388 e. The first-order valence-corrected chi connectivity index (χ1v) is 25.9. The van der Waals surface area contributed by atoms with Gasteiger partial charge in [-0.2, -0.15) is 0 Å². The number of amides is 3. The fourth-order valence-electron chi connectivity index (χ4n) is 12.2. The van der Waals surface area contributed by atoms with E-state index in [4.69, 9.17) is 0 Å². The molecule has 374 valence electrons. The Morgan fingerprint density at radius 3 is 2.44 bits per heavy atom. The van der Waals surface area contributed by atoms with Gasteiger partial charge in [-0.25, -0.2) is 18.7 Å². The average Bonchev–Trinajstić information content (AvgIpc) is 4.15. The molecule has 3 saturated heterocycles. The van der Waals surface area contributed by atoms with Crippen LogP contribution < -0.4 is 21.9 Å². The number of nitrogens with zero attached hydrogens (tertiary/aromatic N) is 8. The summed E-state index contributed by atoms with van der Waals surface area (Å²) < 4.78 is 25.9. The summed E-state index contributed by atoms with van der Waals surface area (Å²) in [6.45, 7) is 8.58. The number of hydrogen-bond acceptors (Lipinski definition) is 8. The molecule has 0 radical (unpaired) electrons. The zero-order chi connectivity index (χ0) is 49.9. The van der Waals surface area contributed by atoms with Crippen LogP contribution in [0, 0.1) is 18.7 Å². The molecule has 1 saturated carbocycles. The van der Waals surface area contributed by atoms with Gasteiger partial charge in [0.1, 0.15) is 36.8 Å². The Hall–Kier alpha value is -6.94. The number of imidazole rings is 1. The summed E-state index contributed by atoms with van der Waals surface area (Å²) >= 11 is 0. The molecule has 3 amide bonds. The van der Waals surface area contributed by atoms with Crippen molar-refractivity contribution in [2.45, 2.75) is 102 Å². The Bertz CT molecular complexity index is 3320. The second-order valence-corrected chi connectivity index (χ2v) is 20.8. The maximum Gasteiger partial charge on any atom is 0.330 e. The molecule has 11 rings (SSSR count). The normalized spacial score (nSPS) is 21.5. The number of imide groups is 1. The lowest BCUT2D eigenvalue weighted by atomic mass is 9.91. The minimum Gasteiger partial charge on any atom is -0.388 e. The number of pyridine rings is 2. The molecule has 2 unspecified atom stereocenters. The first-order valence-electron chi connectivity index (χ1n) is 25.9. The number of aromatic nitrogens is 5. The second kappa shape index (κ2) is 19.2. The number of fused-ring (bicyclic) bond motifs is 2. The number of rotatable bonds is 10. The quantitative estimate of drug-likeness (QED) is 0.107. The fourth-order valence-corrected chi connectivity index (χ4v) is 12.2. The van der Waals surface area contributed by atoms with Crippen molar-refractivity contribution < 1.29 is 23.3 Å². The van der Waals surface area contributed by atoms with Crippen LogP contribution in [0.15, 0.2) is 82.7 Å². The van der Waals surface area contributed by atoms with Crippen LogP contribution in [0.5, 0.6) is 0 Å². The number of anilines is 1. The highest BCUT2D eigenvalue weighted by Crippen LogP contribution is 2.39. The number of likely N-dealkylation sites (tertiary alicyclic amines) is 1. The van der Waals surface area contributed by atoms with E-state index in [1.165, 1.54) is 11.6 Å². The van der Waals surface area contributed by atoms with Crippen LogP contribution in [0.1, 0.15) is 128 Å². The van der Waals surface area contributed by atoms with Gasteiger partial charge in [0.2, 0.25) is 11.8 Å². The van der Waals surface area contributed by atoms with Gasteiger partial charge in [0.05, 0.1) is 16.7 Å². The molecule has 4 aromatic heterocycles. The van der Waals surface area contributed by atoms with Gasteiger partial charge >= 0.3 is 5.69 Å². The molecular weight excluding hydrogens is 912 g/mol. The predicted molar refractivity (Wildman–Crippen MR) is 277 cm³/mol. The number of aryl methyl sites for hydroxylation is 2. The van der Waals surface area contributed by atoms with Crippen molar-refractivity contribution in [1.29, 1.82) is 0 Å². The van der Waals surface area contributed by atoms with Crippen molar-refractivity contribution in [1.82, 2.24) is 38.4 Å². The molecule has 0 bridgehead atoms. The minimum atomic E-state index is -0.688. The Balaban J connectivity index is 0.708. The molecule has 2 aromatic carbocycles. The van der Waals surface area contributed by atoms with E-state index in [9.17, 15) is 24.0 Å². The van der Waals surface area contributed by atoms with E-state index in [0.29, 0.717) is 55.4 Å².